The smallest absolute Gasteiger partial charge is 0.269 e. The summed E-state index contributed by atoms with van der Waals surface area (Å²) in [5.74, 6) is 0.604. The van der Waals surface area contributed by atoms with Crippen LogP contribution in [0.3, 0.4) is 0 Å². The second-order valence-electron chi connectivity index (χ2n) is 5.43. The van der Waals surface area contributed by atoms with E-state index in [1.165, 1.54) is 39.5 Å². The van der Waals surface area contributed by atoms with E-state index in [9.17, 15) is 9.59 Å². The average molecular weight is 386 g/mol. The van der Waals surface area contributed by atoms with Crippen molar-refractivity contribution >= 4 is 17.9 Å². The molecule has 0 saturated heterocycles. The minimum absolute atomic E-state index is 0.225. The number of hydrogen-bond acceptors (Lipinski definition) is 6. The van der Waals surface area contributed by atoms with E-state index in [1.54, 1.807) is 25.3 Å². The highest BCUT2D eigenvalue weighted by Crippen LogP contribution is 2.38. The van der Waals surface area contributed by atoms with Gasteiger partial charge in [0.25, 0.3) is 11.8 Å². The van der Waals surface area contributed by atoms with Crippen LogP contribution in [0.15, 0.2) is 42.5 Å². The highest BCUT2D eigenvalue weighted by molar-refractivity contribution is 5.98. The number of para-hydroxylation sites is 1. The molecule has 2 N–H and O–H groups in total. The Morgan fingerprint density at radius 3 is 2.00 bits per heavy atom. The molecule has 0 aliphatic carbocycles. The van der Waals surface area contributed by atoms with Crippen LogP contribution in [0.5, 0.6) is 23.0 Å². The maximum Gasteiger partial charge on any atom is 0.269 e. The van der Waals surface area contributed by atoms with Crippen molar-refractivity contribution in [2.75, 3.05) is 28.4 Å². The van der Waals surface area contributed by atoms with Crippen LogP contribution in [0.2, 0.25) is 0 Å². The van der Waals surface area contributed by atoms with Gasteiger partial charge in [-0.2, -0.15) is 0 Å². The van der Waals surface area contributed by atoms with E-state index in [0.29, 0.717) is 23.0 Å². The number of rotatable bonds is 7. The first-order valence-electron chi connectivity index (χ1n) is 8.25. The first kappa shape index (κ1) is 20.6. The summed E-state index contributed by atoms with van der Waals surface area (Å²) >= 11 is 0. The maximum absolute atomic E-state index is 12.3. The lowest BCUT2D eigenvalue weighted by molar-refractivity contribution is -0.117. The molecule has 0 spiro atoms. The molecule has 0 aromatic heterocycles. The highest BCUT2D eigenvalue weighted by Gasteiger charge is 2.17. The van der Waals surface area contributed by atoms with Crippen molar-refractivity contribution in [2.45, 2.75) is 0 Å². The molecule has 2 rings (SSSR count). The SMILES string of the molecule is COc1ccccc1/C=C/C(=O)NNC(=O)c1cc(OC)c(OC)c(OC)c1. The molecule has 0 bridgehead atoms. The Balaban J connectivity index is 2.05. The fourth-order valence-corrected chi connectivity index (χ4v) is 2.41. The van der Waals surface area contributed by atoms with Gasteiger partial charge in [-0.3, -0.25) is 20.4 Å². The van der Waals surface area contributed by atoms with E-state index in [4.69, 9.17) is 18.9 Å². The van der Waals surface area contributed by atoms with Gasteiger partial charge in [-0.15, -0.1) is 0 Å². The second-order valence-corrected chi connectivity index (χ2v) is 5.43. The van der Waals surface area contributed by atoms with E-state index in [1.807, 2.05) is 12.1 Å². The third-order valence-electron chi connectivity index (χ3n) is 3.78. The first-order valence-corrected chi connectivity index (χ1v) is 8.25. The predicted molar refractivity (Wildman–Crippen MR) is 104 cm³/mol. The van der Waals surface area contributed by atoms with E-state index in [2.05, 4.69) is 10.9 Å². The molecule has 28 heavy (non-hydrogen) atoms. The van der Waals surface area contributed by atoms with E-state index in [-0.39, 0.29) is 5.56 Å². The Hall–Kier alpha value is -3.68. The summed E-state index contributed by atoms with van der Waals surface area (Å²) in [5.41, 5.74) is 5.60. The molecule has 0 atom stereocenters. The predicted octanol–water partition coefficient (Wildman–Crippen LogP) is 2.20. The Bertz CT molecular complexity index is 854. The molecule has 148 valence electrons. The van der Waals surface area contributed by atoms with Crippen LogP contribution >= 0.6 is 0 Å². The van der Waals surface area contributed by atoms with E-state index in [0.717, 1.165) is 5.56 Å². The Labute approximate surface area is 163 Å². The minimum Gasteiger partial charge on any atom is -0.496 e. The van der Waals surface area contributed by atoms with Crippen LogP contribution < -0.4 is 29.8 Å². The van der Waals surface area contributed by atoms with E-state index >= 15 is 0 Å². The molecule has 2 aromatic carbocycles. The normalized spacial score (nSPS) is 10.3. The van der Waals surface area contributed by atoms with Crippen molar-refractivity contribution in [1.29, 1.82) is 0 Å². The topological polar surface area (TPSA) is 95.1 Å². The molecule has 0 unspecified atom stereocenters. The van der Waals surface area contributed by atoms with Crippen molar-refractivity contribution in [3.63, 3.8) is 0 Å². The van der Waals surface area contributed by atoms with Crippen LogP contribution in [0.1, 0.15) is 15.9 Å². The number of hydrazine groups is 1. The van der Waals surface area contributed by atoms with Crippen LogP contribution in [0.4, 0.5) is 0 Å². The zero-order valence-corrected chi connectivity index (χ0v) is 16.1. The number of methoxy groups -OCH3 is 4. The third-order valence-corrected chi connectivity index (χ3v) is 3.78. The molecular weight excluding hydrogens is 364 g/mol. The summed E-state index contributed by atoms with van der Waals surface area (Å²) in [4.78, 5) is 24.3. The Kier molecular flexibility index (Phi) is 7.27. The third kappa shape index (κ3) is 4.94. The zero-order valence-electron chi connectivity index (χ0n) is 16.1. The largest absolute Gasteiger partial charge is 0.496 e. The van der Waals surface area contributed by atoms with Crippen molar-refractivity contribution in [3.05, 3.63) is 53.6 Å². The number of carbonyl (C=O) groups is 2. The van der Waals surface area contributed by atoms with Crippen LogP contribution in [0, 0.1) is 0 Å². The standard InChI is InChI=1S/C20H22N2O6/c1-25-15-8-6-5-7-13(15)9-10-18(23)21-22-20(24)14-11-16(26-2)19(28-4)17(12-14)27-3/h5-12H,1-4H3,(H,21,23)(H,22,24)/b10-9+. The maximum atomic E-state index is 12.3. The van der Waals surface area contributed by atoms with Crippen molar-refractivity contribution in [3.8, 4) is 23.0 Å². The van der Waals surface area contributed by atoms with Crippen LogP contribution in [0.25, 0.3) is 6.08 Å². The van der Waals surface area contributed by atoms with Crippen molar-refractivity contribution in [2.24, 2.45) is 0 Å². The molecule has 8 heteroatoms. The van der Waals surface area contributed by atoms with Gasteiger partial charge in [0.05, 0.1) is 28.4 Å². The summed E-state index contributed by atoms with van der Waals surface area (Å²) < 4.78 is 20.8. The van der Waals surface area contributed by atoms with Gasteiger partial charge in [-0.05, 0) is 24.3 Å². The molecule has 2 amide bonds. The fraction of sp³-hybridized carbons (Fsp3) is 0.200. The Morgan fingerprint density at radius 1 is 0.821 bits per heavy atom. The molecule has 0 heterocycles. The van der Waals surface area contributed by atoms with Gasteiger partial charge in [-0.1, -0.05) is 18.2 Å². The van der Waals surface area contributed by atoms with Gasteiger partial charge >= 0.3 is 0 Å². The van der Waals surface area contributed by atoms with Crippen LogP contribution in [-0.4, -0.2) is 40.3 Å². The monoisotopic (exact) mass is 386 g/mol. The lowest BCUT2D eigenvalue weighted by Gasteiger charge is -2.14. The summed E-state index contributed by atoms with van der Waals surface area (Å²) in [6.45, 7) is 0. The summed E-state index contributed by atoms with van der Waals surface area (Å²) in [7, 11) is 5.91. The zero-order chi connectivity index (χ0) is 20.5. The number of benzene rings is 2. The number of amides is 2. The minimum atomic E-state index is -0.543. The summed E-state index contributed by atoms with van der Waals surface area (Å²) in [6, 6.07) is 10.2. The summed E-state index contributed by atoms with van der Waals surface area (Å²) in [5, 5.41) is 0. The summed E-state index contributed by atoms with van der Waals surface area (Å²) in [6.07, 6.45) is 2.87. The Morgan fingerprint density at radius 2 is 1.43 bits per heavy atom. The number of carbonyl (C=O) groups excluding carboxylic acids is 2. The van der Waals surface area contributed by atoms with E-state index < -0.39 is 11.8 Å². The number of nitrogens with one attached hydrogen (secondary N) is 2. The second kappa shape index (κ2) is 9.86. The van der Waals surface area contributed by atoms with Gasteiger partial charge in [-0.25, -0.2) is 0 Å². The van der Waals surface area contributed by atoms with Gasteiger partial charge in [0.2, 0.25) is 5.75 Å². The van der Waals surface area contributed by atoms with Crippen molar-refractivity contribution < 1.29 is 28.5 Å². The quantitative estimate of drug-likeness (QED) is 0.560. The number of hydrogen-bond donors (Lipinski definition) is 2. The molecule has 0 aliphatic rings. The number of ether oxygens (including phenoxy) is 4. The molecule has 0 fully saturated rings. The molecule has 0 aliphatic heterocycles. The molecule has 0 saturated carbocycles. The van der Waals surface area contributed by atoms with Gasteiger partial charge in [0.1, 0.15) is 5.75 Å². The van der Waals surface area contributed by atoms with Gasteiger partial charge < -0.3 is 18.9 Å². The average Bonchev–Trinajstić information content (AvgIpc) is 2.74. The molecule has 0 radical (unpaired) electrons. The fourth-order valence-electron chi connectivity index (χ4n) is 2.41. The highest BCUT2D eigenvalue weighted by atomic mass is 16.5. The van der Waals surface area contributed by atoms with Gasteiger partial charge in [0.15, 0.2) is 11.5 Å². The molecular formula is C20H22N2O6. The lowest BCUT2D eigenvalue weighted by atomic mass is 10.1. The molecule has 8 nitrogen and oxygen atoms in total. The first-order chi connectivity index (χ1) is 13.5. The van der Waals surface area contributed by atoms with Gasteiger partial charge in [0, 0.05) is 17.2 Å². The molecule has 2 aromatic rings. The van der Waals surface area contributed by atoms with Crippen molar-refractivity contribution in [1.82, 2.24) is 10.9 Å². The lowest BCUT2D eigenvalue weighted by Crippen LogP contribution is -2.40. The van der Waals surface area contributed by atoms with Crippen LogP contribution in [-0.2, 0) is 4.79 Å².